The highest BCUT2D eigenvalue weighted by Crippen LogP contribution is 2.43. The third kappa shape index (κ3) is 2.20. The van der Waals surface area contributed by atoms with Crippen LogP contribution in [-0.2, 0) is 0 Å². The lowest BCUT2D eigenvalue weighted by Crippen LogP contribution is -2.45. The maximum Gasteiger partial charge on any atom is 0.167 e. The Balaban J connectivity index is 1.96. The SMILES string of the molecule is CCOc1cc(N2C3CCC2CC(O)C3)c(N)cc1F. The zero-order chi connectivity index (χ0) is 14.3. The molecule has 0 spiro atoms. The Bertz CT molecular complexity index is 495. The van der Waals surface area contributed by atoms with Gasteiger partial charge in [-0.1, -0.05) is 0 Å². The van der Waals surface area contributed by atoms with Crippen molar-refractivity contribution in [3.05, 3.63) is 17.9 Å². The van der Waals surface area contributed by atoms with Crippen LogP contribution in [-0.4, -0.2) is 29.9 Å². The molecule has 0 aliphatic carbocycles. The standard InChI is InChI=1S/C15H21FN2O2/c1-2-20-15-8-14(13(17)7-12(15)16)18-9-3-4-10(18)6-11(19)5-9/h7-11,19H,2-6,17H2,1H3. The Morgan fingerprint density at radius 2 is 2.00 bits per heavy atom. The van der Waals surface area contributed by atoms with Crippen LogP contribution in [0.2, 0.25) is 0 Å². The van der Waals surface area contributed by atoms with E-state index >= 15 is 0 Å². The minimum atomic E-state index is -0.419. The number of aliphatic hydroxyl groups is 1. The van der Waals surface area contributed by atoms with E-state index in [1.165, 1.54) is 6.07 Å². The average molecular weight is 280 g/mol. The van der Waals surface area contributed by atoms with Gasteiger partial charge in [0, 0.05) is 24.2 Å². The second-order valence-corrected chi connectivity index (χ2v) is 5.69. The zero-order valence-corrected chi connectivity index (χ0v) is 11.7. The van der Waals surface area contributed by atoms with E-state index in [0.717, 1.165) is 31.4 Å². The monoisotopic (exact) mass is 280 g/mol. The lowest BCUT2D eigenvalue weighted by Gasteiger charge is -2.39. The smallest absolute Gasteiger partial charge is 0.167 e. The molecule has 2 fully saturated rings. The fourth-order valence-electron chi connectivity index (χ4n) is 3.59. The average Bonchev–Trinajstić information content (AvgIpc) is 2.65. The van der Waals surface area contributed by atoms with Gasteiger partial charge < -0.3 is 20.5 Å². The third-order valence-corrected chi connectivity index (χ3v) is 4.37. The first-order valence-corrected chi connectivity index (χ1v) is 7.28. The number of hydrogen-bond donors (Lipinski definition) is 2. The predicted molar refractivity (Wildman–Crippen MR) is 76.5 cm³/mol. The van der Waals surface area contributed by atoms with Crippen molar-refractivity contribution in [2.75, 3.05) is 17.2 Å². The minimum absolute atomic E-state index is 0.225. The molecule has 20 heavy (non-hydrogen) atoms. The molecule has 1 aromatic rings. The van der Waals surface area contributed by atoms with Crippen LogP contribution in [0.5, 0.6) is 5.75 Å². The van der Waals surface area contributed by atoms with Crippen molar-refractivity contribution in [1.82, 2.24) is 0 Å². The van der Waals surface area contributed by atoms with E-state index in [9.17, 15) is 9.50 Å². The van der Waals surface area contributed by atoms with E-state index in [1.807, 2.05) is 6.92 Å². The molecule has 2 unspecified atom stereocenters. The molecule has 0 radical (unpaired) electrons. The molecule has 2 aliphatic rings. The Hall–Kier alpha value is -1.49. The summed E-state index contributed by atoms with van der Waals surface area (Å²) in [4.78, 5) is 2.25. The molecule has 4 nitrogen and oxygen atoms in total. The van der Waals surface area contributed by atoms with Crippen LogP contribution >= 0.6 is 0 Å². The molecule has 2 bridgehead atoms. The Labute approximate surface area is 118 Å². The molecule has 0 aromatic heterocycles. The number of ether oxygens (including phenoxy) is 1. The van der Waals surface area contributed by atoms with Crippen LogP contribution in [0.4, 0.5) is 15.8 Å². The molecule has 1 aromatic carbocycles. The van der Waals surface area contributed by atoms with Gasteiger partial charge in [-0.25, -0.2) is 4.39 Å². The lowest BCUT2D eigenvalue weighted by molar-refractivity contribution is 0.126. The summed E-state index contributed by atoms with van der Waals surface area (Å²) in [5.41, 5.74) is 7.29. The summed E-state index contributed by atoms with van der Waals surface area (Å²) in [6, 6.07) is 3.64. The molecule has 3 N–H and O–H groups in total. The van der Waals surface area contributed by atoms with E-state index < -0.39 is 5.82 Å². The van der Waals surface area contributed by atoms with Gasteiger partial charge in [0.15, 0.2) is 11.6 Å². The quantitative estimate of drug-likeness (QED) is 0.834. The first-order chi connectivity index (χ1) is 9.60. The summed E-state index contributed by atoms with van der Waals surface area (Å²) in [6.07, 6.45) is 3.41. The van der Waals surface area contributed by atoms with Crippen molar-refractivity contribution in [3.63, 3.8) is 0 Å². The molecule has 110 valence electrons. The number of aliphatic hydroxyl groups excluding tert-OH is 1. The van der Waals surface area contributed by atoms with Crippen LogP contribution < -0.4 is 15.4 Å². The molecular weight excluding hydrogens is 259 g/mol. The number of piperidine rings is 1. The number of benzene rings is 1. The minimum Gasteiger partial charge on any atom is -0.491 e. The summed E-state index contributed by atoms with van der Waals surface area (Å²) in [5.74, 6) is -0.167. The van der Waals surface area contributed by atoms with Crippen LogP contribution in [0.1, 0.15) is 32.6 Å². The van der Waals surface area contributed by atoms with Gasteiger partial charge >= 0.3 is 0 Å². The molecule has 2 aliphatic heterocycles. The molecular formula is C15H21FN2O2. The van der Waals surface area contributed by atoms with Crippen molar-refractivity contribution in [2.45, 2.75) is 50.8 Å². The summed E-state index contributed by atoms with van der Waals surface area (Å²) in [5, 5.41) is 9.86. The number of anilines is 2. The van der Waals surface area contributed by atoms with Crippen molar-refractivity contribution >= 4 is 11.4 Å². The van der Waals surface area contributed by atoms with E-state index in [4.69, 9.17) is 10.5 Å². The van der Waals surface area contributed by atoms with E-state index in [2.05, 4.69) is 4.90 Å². The number of hydrogen-bond acceptors (Lipinski definition) is 4. The molecule has 2 heterocycles. The Morgan fingerprint density at radius 1 is 1.35 bits per heavy atom. The zero-order valence-electron chi connectivity index (χ0n) is 11.7. The van der Waals surface area contributed by atoms with Gasteiger partial charge in [0.2, 0.25) is 0 Å². The number of nitrogens with zero attached hydrogens (tertiary/aromatic N) is 1. The third-order valence-electron chi connectivity index (χ3n) is 4.37. The number of nitrogen functional groups attached to an aromatic ring is 1. The summed E-state index contributed by atoms with van der Waals surface area (Å²) >= 11 is 0. The van der Waals surface area contributed by atoms with Crippen molar-refractivity contribution in [2.24, 2.45) is 0 Å². The Kier molecular flexibility index (Phi) is 3.46. The van der Waals surface area contributed by atoms with Crippen molar-refractivity contribution in [3.8, 4) is 5.75 Å². The summed E-state index contributed by atoms with van der Waals surface area (Å²) in [7, 11) is 0. The summed E-state index contributed by atoms with van der Waals surface area (Å²) < 4.78 is 19.1. The summed E-state index contributed by atoms with van der Waals surface area (Å²) in [6.45, 7) is 2.25. The van der Waals surface area contributed by atoms with Gasteiger partial charge in [0.1, 0.15) is 0 Å². The largest absolute Gasteiger partial charge is 0.491 e. The van der Waals surface area contributed by atoms with E-state index in [-0.39, 0.29) is 11.9 Å². The second kappa shape index (κ2) is 5.13. The Morgan fingerprint density at radius 3 is 2.60 bits per heavy atom. The maximum absolute atomic E-state index is 13.8. The number of nitrogens with two attached hydrogens (primary N) is 1. The predicted octanol–water partition coefficient (Wildman–Crippen LogP) is 2.30. The number of rotatable bonds is 3. The van der Waals surface area contributed by atoms with Gasteiger partial charge in [-0.3, -0.25) is 0 Å². The normalized spacial score (nSPS) is 28.8. The fraction of sp³-hybridized carbons (Fsp3) is 0.600. The first-order valence-electron chi connectivity index (χ1n) is 7.28. The van der Waals surface area contributed by atoms with E-state index in [0.29, 0.717) is 24.4 Å². The topological polar surface area (TPSA) is 58.7 Å². The van der Waals surface area contributed by atoms with Crippen LogP contribution in [0.15, 0.2) is 12.1 Å². The van der Waals surface area contributed by atoms with Gasteiger partial charge in [-0.15, -0.1) is 0 Å². The van der Waals surface area contributed by atoms with Crippen molar-refractivity contribution in [1.29, 1.82) is 0 Å². The fourth-order valence-corrected chi connectivity index (χ4v) is 3.59. The second-order valence-electron chi connectivity index (χ2n) is 5.69. The highest BCUT2D eigenvalue weighted by molar-refractivity contribution is 5.71. The lowest BCUT2D eigenvalue weighted by atomic mass is 9.98. The highest BCUT2D eigenvalue weighted by atomic mass is 19.1. The van der Waals surface area contributed by atoms with Gasteiger partial charge in [0.25, 0.3) is 0 Å². The first kappa shape index (κ1) is 13.5. The van der Waals surface area contributed by atoms with E-state index in [1.54, 1.807) is 6.07 Å². The maximum atomic E-state index is 13.8. The number of fused-ring (bicyclic) bond motifs is 2. The molecule has 0 saturated carbocycles. The van der Waals surface area contributed by atoms with Crippen LogP contribution in [0, 0.1) is 5.82 Å². The molecule has 2 atom stereocenters. The van der Waals surface area contributed by atoms with Gasteiger partial charge in [0.05, 0.1) is 24.1 Å². The van der Waals surface area contributed by atoms with Gasteiger partial charge in [-0.05, 0) is 32.6 Å². The number of halogens is 1. The molecule has 0 amide bonds. The van der Waals surface area contributed by atoms with Crippen molar-refractivity contribution < 1.29 is 14.2 Å². The molecule has 5 heteroatoms. The van der Waals surface area contributed by atoms with Crippen LogP contribution in [0.25, 0.3) is 0 Å². The van der Waals surface area contributed by atoms with Crippen LogP contribution in [0.3, 0.4) is 0 Å². The van der Waals surface area contributed by atoms with Gasteiger partial charge in [-0.2, -0.15) is 0 Å². The molecule has 2 saturated heterocycles. The highest BCUT2D eigenvalue weighted by Gasteiger charge is 2.41. The molecule has 3 rings (SSSR count).